The van der Waals surface area contributed by atoms with Crippen LogP contribution in [0.3, 0.4) is 0 Å². The van der Waals surface area contributed by atoms with Gasteiger partial charge in [-0.3, -0.25) is 13.9 Å². The van der Waals surface area contributed by atoms with Crippen molar-refractivity contribution < 1.29 is 27.5 Å². The summed E-state index contributed by atoms with van der Waals surface area (Å²) < 4.78 is 40.6. The maximum atomic E-state index is 14.1. The van der Waals surface area contributed by atoms with Gasteiger partial charge >= 0.3 is 0 Å². The van der Waals surface area contributed by atoms with Gasteiger partial charge in [-0.2, -0.15) is 0 Å². The van der Waals surface area contributed by atoms with E-state index in [-0.39, 0.29) is 29.1 Å². The number of hydrogen-bond acceptors (Lipinski definition) is 6. The van der Waals surface area contributed by atoms with E-state index in [0.29, 0.717) is 11.5 Å². The first-order valence-electron chi connectivity index (χ1n) is 13.8. The summed E-state index contributed by atoms with van der Waals surface area (Å²) in [6.45, 7) is 1.26. The molecule has 1 saturated carbocycles. The van der Waals surface area contributed by atoms with Crippen molar-refractivity contribution in [3.8, 4) is 11.5 Å². The van der Waals surface area contributed by atoms with Gasteiger partial charge in [-0.1, -0.05) is 59.1 Å². The summed E-state index contributed by atoms with van der Waals surface area (Å²) in [5.41, 5.74) is 1.02. The molecule has 0 radical (unpaired) electrons. The molecule has 1 unspecified atom stereocenters. The van der Waals surface area contributed by atoms with Crippen LogP contribution in [0, 0.1) is 0 Å². The first kappa shape index (κ1) is 31.4. The predicted octanol–water partition coefficient (Wildman–Crippen LogP) is 5.14. The number of nitrogens with zero attached hydrogens (tertiary/aromatic N) is 2. The number of carbonyl (C=O) groups is 2. The summed E-state index contributed by atoms with van der Waals surface area (Å²) in [5, 5.41) is 3.08. The lowest BCUT2D eigenvalue weighted by molar-refractivity contribution is -0.139. The molecule has 0 heterocycles. The number of halogens is 1. The standard InChI is InChI=1S/C31H36BrN3O6S/c1-22(31(37)33-25-9-7-8-10-25)34(20-23-13-15-24(32)16-14-23)30(36)21-35(42(38,39)27-11-5-4-6-12-27)26-17-18-28(40-2)29(19-26)41-3/h4-6,11-19,22,25H,7-10,20-21H2,1-3H3,(H,33,37). The van der Waals surface area contributed by atoms with E-state index >= 15 is 0 Å². The van der Waals surface area contributed by atoms with Crippen LogP contribution in [0.2, 0.25) is 0 Å². The highest BCUT2D eigenvalue weighted by Gasteiger charge is 2.33. The molecule has 224 valence electrons. The Labute approximate surface area is 256 Å². The molecule has 1 fully saturated rings. The van der Waals surface area contributed by atoms with Crippen LogP contribution in [-0.4, -0.2) is 58.0 Å². The quantitative estimate of drug-likeness (QED) is 0.289. The second-order valence-electron chi connectivity index (χ2n) is 10.2. The molecule has 0 aromatic heterocycles. The molecule has 0 bridgehead atoms. The average molecular weight is 659 g/mol. The minimum absolute atomic E-state index is 0.0269. The Hall–Kier alpha value is -3.57. The van der Waals surface area contributed by atoms with Crippen molar-refractivity contribution in [2.75, 3.05) is 25.1 Å². The lowest BCUT2D eigenvalue weighted by atomic mass is 10.1. The highest BCUT2D eigenvalue weighted by molar-refractivity contribution is 9.10. The van der Waals surface area contributed by atoms with Crippen LogP contribution in [0.1, 0.15) is 38.2 Å². The molecular formula is C31H36BrN3O6S. The molecule has 42 heavy (non-hydrogen) atoms. The van der Waals surface area contributed by atoms with Gasteiger partial charge in [0.2, 0.25) is 11.8 Å². The van der Waals surface area contributed by atoms with E-state index < -0.39 is 28.5 Å². The Kier molecular flexibility index (Phi) is 10.5. The Morgan fingerprint density at radius 3 is 2.21 bits per heavy atom. The van der Waals surface area contributed by atoms with Gasteiger partial charge in [0.1, 0.15) is 12.6 Å². The van der Waals surface area contributed by atoms with Crippen LogP contribution in [0.5, 0.6) is 11.5 Å². The normalized spacial score (nSPS) is 14.2. The summed E-state index contributed by atoms with van der Waals surface area (Å²) in [6, 6.07) is 19.2. The fraction of sp³-hybridized carbons (Fsp3) is 0.355. The molecule has 11 heteroatoms. The summed E-state index contributed by atoms with van der Waals surface area (Å²) in [4.78, 5) is 28.9. The van der Waals surface area contributed by atoms with Gasteiger partial charge in [0.15, 0.2) is 11.5 Å². The van der Waals surface area contributed by atoms with Crippen molar-refractivity contribution in [1.82, 2.24) is 10.2 Å². The summed E-state index contributed by atoms with van der Waals surface area (Å²) in [6.07, 6.45) is 3.92. The number of amides is 2. The number of hydrogen-bond donors (Lipinski definition) is 1. The third-order valence-corrected chi connectivity index (χ3v) is 9.72. The lowest BCUT2D eigenvalue weighted by Gasteiger charge is -2.32. The predicted molar refractivity (Wildman–Crippen MR) is 165 cm³/mol. The van der Waals surface area contributed by atoms with Gasteiger partial charge in [-0.15, -0.1) is 0 Å². The zero-order chi connectivity index (χ0) is 30.3. The van der Waals surface area contributed by atoms with E-state index in [0.717, 1.165) is 40.0 Å². The fourth-order valence-corrected chi connectivity index (χ4v) is 6.68. The molecule has 1 aliphatic rings. The van der Waals surface area contributed by atoms with E-state index in [2.05, 4.69) is 21.2 Å². The molecule has 3 aromatic carbocycles. The number of carbonyl (C=O) groups excluding carboxylic acids is 2. The number of sulfonamides is 1. The van der Waals surface area contributed by atoms with Crippen LogP contribution in [0.15, 0.2) is 82.2 Å². The first-order chi connectivity index (χ1) is 20.1. The smallest absolute Gasteiger partial charge is 0.264 e. The molecular weight excluding hydrogens is 622 g/mol. The van der Waals surface area contributed by atoms with Crippen LogP contribution >= 0.6 is 15.9 Å². The second kappa shape index (κ2) is 14.1. The van der Waals surface area contributed by atoms with Crippen LogP contribution in [0.25, 0.3) is 0 Å². The number of ether oxygens (including phenoxy) is 2. The minimum Gasteiger partial charge on any atom is -0.493 e. The largest absolute Gasteiger partial charge is 0.493 e. The molecule has 1 atom stereocenters. The molecule has 2 amide bonds. The zero-order valence-electron chi connectivity index (χ0n) is 24.0. The molecule has 0 saturated heterocycles. The van der Waals surface area contributed by atoms with Crippen molar-refractivity contribution in [3.05, 3.63) is 82.8 Å². The van der Waals surface area contributed by atoms with Crippen LogP contribution < -0.4 is 19.1 Å². The highest BCUT2D eigenvalue weighted by atomic mass is 79.9. The van der Waals surface area contributed by atoms with E-state index in [1.165, 1.54) is 37.3 Å². The maximum Gasteiger partial charge on any atom is 0.264 e. The van der Waals surface area contributed by atoms with Gasteiger partial charge < -0.3 is 19.7 Å². The molecule has 1 aliphatic carbocycles. The van der Waals surface area contributed by atoms with Crippen molar-refractivity contribution >= 4 is 43.5 Å². The molecule has 3 aromatic rings. The van der Waals surface area contributed by atoms with Crippen LogP contribution in [0.4, 0.5) is 5.69 Å². The Balaban J connectivity index is 1.71. The SMILES string of the molecule is COc1ccc(N(CC(=O)N(Cc2ccc(Br)cc2)C(C)C(=O)NC2CCCC2)S(=O)(=O)c2ccccc2)cc1OC. The average Bonchev–Trinajstić information content (AvgIpc) is 3.52. The number of nitrogens with one attached hydrogen (secondary N) is 1. The molecule has 0 aliphatic heterocycles. The Morgan fingerprint density at radius 2 is 1.60 bits per heavy atom. The summed E-state index contributed by atoms with van der Waals surface area (Å²) in [7, 11) is -1.25. The maximum absolute atomic E-state index is 14.1. The van der Waals surface area contributed by atoms with Gasteiger partial charge in [0.25, 0.3) is 10.0 Å². The Bertz CT molecular complexity index is 1480. The van der Waals surface area contributed by atoms with E-state index in [4.69, 9.17) is 9.47 Å². The second-order valence-corrected chi connectivity index (χ2v) is 13.0. The topological polar surface area (TPSA) is 105 Å². The van der Waals surface area contributed by atoms with Crippen molar-refractivity contribution in [2.24, 2.45) is 0 Å². The van der Waals surface area contributed by atoms with Gasteiger partial charge in [-0.25, -0.2) is 8.42 Å². The summed E-state index contributed by atoms with van der Waals surface area (Å²) in [5.74, 6) is -0.0670. The first-order valence-corrected chi connectivity index (χ1v) is 16.0. The number of rotatable bonds is 12. The monoisotopic (exact) mass is 657 g/mol. The zero-order valence-corrected chi connectivity index (χ0v) is 26.4. The van der Waals surface area contributed by atoms with Crippen LogP contribution in [-0.2, 0) is 26.2 Å². The summed E-state index contributed by atoms with van der Waals surface area (Å²) >= 11 is 3.43. The van der Waals surface area contributed by atoms with Gasteiger partial charge in [-0.05, 0) is 61.7 Å². The minimum atomic E-state index is -4.19. The third kappa shape index (κ3) is 7.43. The van der Waals surface area contributed by atoms with Crippen molar-refractivity contribution in [3.63, 3.8) is 0 Å². The molecule has 1 N–H and O–H groups in total. The van der Waals surface area contributed by atoms with Crippen molar-refractivity contribution in [2.45, 2.75) is 56.1 Å². The third-order valence-electron chi connectivity index (χ3n) is 7.40. The van der Waals surface area contributed by atoms with Gasteiger partial charge in [0.05, 0.1) is 24.8 Å². The molecule has 4 rings (SSSR count). The number of benzene rings is 3. The van der Waals surface area contributed by atoms with Gasteiger partial charge in [0, 0.05) is 23.1 Å². The van der Waals surface area contributed by atoms with E-state index in [9.17, 15) is 18.0 Å². The Morgan fingerprint density at radius 1 is 0.952 bits per heavy atom. The van der Waals surface area contributed by atoms with E-state index in [1.807, 2.05) is 24.3 Å². The molecule has 9 nitrogen and oxygen atoms in total. The van der Waals surface area contributed by atoms with E-state index in [1.54, 1.807) is 37.3 Å². The highest BCUT2D eigenvalue weighted by Crippen LogP contribution is 2.34. The lowest BCUT2D eigenvalue weighted by Crippen LogP contribution is -2.52. The number of anilines is 1. The van der Waals surface area contributed by atoms with Crippen molar-refractivity contribution in [1.29, 1.82) is 0 Å². The fourth-order valence-electron chi connectivity index (χ4n) is 4.99. The molecule has 0 spiro atoms. The number of methoxy groups -OCH3 is 2.